The van der Waals surface area contributed by atoms with Gasteiger partial charge in [-0.2, -0.15) is 0 Å². The van der Waals surface area contributed by atoms with Crippen LogP contribution in [0.15, 0.2) is 84.6 Å². The van der Waals surface area contributed by atoms with Crippen LogP contribution >= 0.6 is 0 Å². The molecule has 146 valence electrons. The number of carbonyl (C=O) groups excluding carboxylic acids is 2. The average Bonchev–Trinajstić information content (AvgIpc) is 2.74. The topological polar surface area (TPSA) is 67.4 Å². The summed E-state index contributed by atoms with van der Waals surface area (Å²) in [5, 5.41) is 5.24. The number of rotatable bonds is 6. The molecule has 29 heavy (non-hydrogen) atoms. The average molecular weight is 386 g/mol. The monoisotopic (exact) mass is 386 g/mol. The van der Waals surface area contributed by atoms with Crippen LogP contribution in [0.4, 0.5) is 0 Å². The van der Waals surface area contributed by atoms with Gasteiger partial charge in [0.1, 0.15) is 17.2 Å². The Hall–Kier alpha value is -3.86. The zero-order valence-electron chi connectivity index (χ0n) is 16.3. The number of hydrogen-bond donors (Lipinski definition) is 2. The van der Waals surface area contributed by atoms with Gasteiger partial charge in [0.2, 0.25) is 0 Å². The number of aryl methyl sites for hydroxylation is 1. The van der Waals surface area contributed by atoms with E-state index in [0.29, 0.717) is 17.1 Å². The van der Waals surface area contributed by atoms with E-state index in [2.05, 4.69) is 10.6 Å². The van der Waals surface area contributed by atoms with Crippen molar-refractivity contribution in [3.05, 3.63) is 101 Å². The lowest BCUT2D eigenvalue weighted by Gasteiger charge is -2.10. The summed E-state index contributed by atoms with van der Waals surface area (Å²) in [5.41, 5.74) is 2.40. The molecule has 0 atom stereocenters. The molecule has 3 aromatic rings. The van der Waals surface area contributed by atoms with Crippen molar-refractivity contribution in [1.82, 2.24) is 10.6 Å². The van der Waals surface area contributed by atoms with E-state index >= 15 is 0 Å². The summed E-state index contributed by atoms with van der Waals surface area (Å²) in [5.74, 6) is 0.607. The van der Waals surface area contributed by atoms with Crippen molar-refractivity contribution in [2.75, 3.05) is 7.05 Å². The maximum Gasteiger partial charge on any atom is 0.267 e. The number of amides is 2. The third-order valence-corrected chi connectivity index (χ3v) is 4.18. The molecule has 0 aliphatic heterocycles. The van der Waals surface area contributed by atoms with Crippen molar-refractivity contribution in [3.8, 4) is 11.5 Å². The minimum atomic E-state index is -0.389. The Kier molecular flexibility index (Phi) is 6.43. The molecule has 3 rings (SSSR count). The molecule has 0 saturated carbocycles. The molecular weight excluding hydrogens is 364 g/mol. The van der Waals surface area contributed by atoms with Crippen molar-refractivity contribution in [1.29, 1.82) is 0 Å². The van der Waals surface area contributed by atoms with Gasteiger partial charge in [0.25, 0.3) is 11.8 Å². The van der Waals surface area contributed by atoms with Crippen molar-refractivity contribution in [2.24, 2.45) is 0 Å². The summed E-state index contributed by atoms with van der Waals surface area (Å²) in [6.07, 6.45) is 1.61. The van der Waals surface area contributed by atoms with E-state index in [9.17, 15) is 9.59 Å². The van der Waals surface area contributed by atoms with E-state index in [1.54, 1.807) is 24.3 Å². The predicted molar refractivity (Wildman–Crippen MR) is 114 cm³/mol. The Morgan fingerprint density at radius 1 is 0.862 bits per heavy atom. The number of benzene rings is 3. The van der Waals surface area contributed by atoms with E-state index in [0.717, 1.165) is 11.1 Å². The summed E-state index contributed by atoms with van der Waals surface area (Å²) >= 11 is 0. The Morgan fingerprint density at radius 3 is 2.24 bits per heavy atom. The zero-order chi connectivity index (χ0) is 20.6. The first-order valence-electron chi connectivity index (χ1n) is 9.20. The third kappa shape index (κ3) is 5.56. The molecule has 0 spiro atoms. The molecule has 5 nitrogen and oxygen atoms in total. The summed E-state index contributed by atoms with van der Waals surface area (Å²) in [6.45, 7) is 1.95. The van der Waals surface area contributed by atoms with Crippen LogP contribution in [0.2, 0.25) is 0 Å². The molecule has 5 heteroatoms. The lowest BCUT2D eigenvalue weighted by atomic mass is 10.1. The van der Waals surface area contributed by atoms with Gasteiger partial charge >= 0.3 is 0 Å². The van der Waals surface area contributed by atoms with Crippen LogP contribution in [0.1, 0.15) is 21.5 Å². The van der Waals surface area contributed by atoms with Crippen LogP contribution in [-0.2, 0) is 4.79 Å². The third-order valence-electron chi connectivity index (χ3n) is 4.18. The molecule has 0 aliphatic rings. The Balaban J connectivity index is 1.83. The number of carbonyl (C=O) groups is 2. The normalized spacial score (nSPS) is 10.9. The summed E-state index contributed by atoms with van der Waals surface area (Å²) < 4.78 is 5.83. The Morgan fingerprint density at radius 2 is 1.55 bits per heavy atom. The molecule has 0 bridgehead atoms. The van der Waals surface area contributed by atoms with Gasteiger partial charge in [-0.25, -0.2) is 0 Å². The molecule has 0 fully saturated rings. The second-order valence-electron chi connectivity index (χ2n) is 6.44. The molecule has 0 unspecified atom stereocenters. The number of ether oxygens (including phenoxy) is 1. The number of para-hydroxylation sites is 1. The van der Waals surface area contributed by atoms with E-state index in [1.807, 2.05) is 67.6 Å². The first kappa shape index (κ1) is 19.9. The fourth-order valence-electron chi connectivity index (χ4n) is 2.65. The first-order valence-corrected chi connectivity index (χ1v) is 9.20. The molecule has 0 aromatic heterocycles. The van der Waals surface area contributed by atoms with Crippen molar-refractivity contribution >= 4 is 17.9 Å². The molecular formula is C24H22N2O3. The van der Waals surface area contributed by atoms with Gasteiger partial charge in [-0.15, -0.1) is 0 Å². The predicted octanol–water partition coefficient (Wildman–Crippen LogP) is 4.30. The summed E-state index contributed by atoms with van der Waals surface area (Å²) in [4.78, 5) is 24.8. The highest BCUT2D eigenvalue weighted by Crippen LogP contribution is 2.22. The zero-order valence-corrected chi connectivity index (χ0v) is 16.3. The molecule has 2 N–H and O–H groups in total. The Bertz CT molecular complexity index is 1030. The minimum Gasteiger partial charge on any atom is -0.457 e. The number of hydrogen-bond acceptors (Lipinski definition) is 3. The van der Waals surface area contributed by atoms with Gasteiger partial charge in [0.15, 0.2) is 0 Å². The standard InChI is InChI=1S/C24H22N2O3/c1-17-11-13-19(14-12-17)23(27)26-22(24(28)25-2)16-18-7-6-10-21(15-18)29-20-8-4-3-5-9-20/h3-16H,1-2H3,(H,25,28)(H,26,27)/b22-16+. The molecule has 0 radical (unpaired) electrons. The lowest BCUT2D eigenvalue weighted by molar-refractivity contribution is -0.117. The smallest absolute Gasteiger partial charge is 0.267 e. The van der Waals surface area contributed by atoms with Gasteiger partial charge in [-0.3, -0.25) is 9.59 Å². The Labute approximate surface area is 170 Å². The van der Waals surface area contributed by atoms with Crippen LogP contribution in [-0.4, -0.2) is 18.9 Å². The molecule has 0 aliphatic carbocycles. The maximum absolute atomic E-state index is 12.5. The van der Waals surface area contributed by atoms with Gasteiger partial charge in [-0.1, -0.05) is 48.0 Å². The largest absolute Gasteiger partial charge is 0.457 e. The van der Waals surface area contributed by atoms with E-state index in [-0.39, 0.29) is 17.5 Å². The van der Waals surface area contributed by atoms with Crippen LogP contribution in [0, 0.1) is 6.92 Å². The second kappa shape index (κ2) is 9.37. The van der Waals surface area contributed by atoms with Crippen LogP contribution in [0.5, 0.6) is 11.5 Å². The second-order valence-corrected chi connectivity index (χ2v) is 6.44. The SMILES string of the molecule is CNC(=O)/C(=C\c1cccc(Oc2ccccc2)c1)NC(=O)c1ccc(C)cc1. The van der Waals surface area contributed by atoms with E-state index < -0.39 is 0 Å². The number of likely N-dealkylation sites (N-methyl/N-ethyl adjacent to an activating group) is 1. The van der Waals surface area contributed by atoms with Gasteiger partial charge < -0.3 is 15.4 Å². The van der Waals surface area contributed by atoms with Crippen LogP contribution < -0.4 is 15.4 Å². The van der Waals surface area contributed by atoms with Crippen LogP contribution in [0.25, 0.3) is 6.08 Å². The quantitative estimate of drug-likeness (QED) is 0.621. The fraction of sp³-hybridized carbons (Fsp3) is 0.0833. The first-order chi connectivity index (χ1) is 14.0. The highest BCUT2D eigenvalue weighted by atomic mass is 16.5. The maximum atomic E-state index is 12.5. The molecule has 0 saturated heterocycles. The lowest BCUT2D eigenvalue weighted by Crippen LogP contribution is -2.33. The van der Waals surface area contributed by atoms with Crippen molar-refractivity contribution < 1.29 is 14.3 Å². The summed E-state index contributed by atoms with van der Waals surface area (Å²) in [6, 6.07) is 23.9. The van der Waals surface area contributed by atoms with Crippen molar-refractivity contribution in [3.63, 3.8) is 0 Å². The highest BCUT2D eigenvalue weighted by Gasteiger charge is 2.13. The van der Waals surface area contributed by atoms with E-state index in [4.69, 9.17) is 4.74 Å². The fourth-order valence-corrected chi connectivity index (χ4v) is 2.65. The summed E-state index contributed by atoms with van der Waals surface area (Å²) in [7, 11) is 1.52. The molecule has 0 heterocycles. The molecule has 2 amide bonds. The highest BCUT2D eigenvalue weighted by molar-refractivity contribution is 6.05. The van der Waals surface area contributed by atoms with Gasteiger partial charge in [0.05, 0.1) is 0 Å². The van der Waals surface area contributed by atoms with Gasteiger partial charge in [-0.05, 0) is 55.0 Å². The molecule has 3 aromatic carbocycles. The minimum absolute atomic E-state index is 0.148. The van der Waals surface area contributed by atoms with E-state index in [1.165, 1.54) is 7.05 Å². The van der Waals surface area contributed by atoms with Gasteiger partial charge in [0, 0.05) is 12.6 Å². The number of nitrogens with one attached hydrogen (secondary N) is 2. The van der Waals surface area contributed by atoms with Crippen molar-refractivity contribution in [2.45, 2.75) is 6.92 Å². The van der Waals surface area contributed by atoms with Crippen LogP contribution in [0.3, 0.4) is 0 Å².